The van der Waals surface area contributed by atoms with Crippen molar-refractivity contribution in [2.45, 2.75) is 51.6 Å². The molecule has 6 nitrogen and oxygen atoms in total. The lowest BCUT2D eigenvalue weighted by Gasteiger charge is -2.23. The lowest BCUT2D eigenvalue weighted by Crippen LogP contribution is -2.35. The van der Waals surface area contributed by atoms with Gasteiger partial charge >= 0.3 is 11.9 Å². The predicted molar refractivity (Wildman–Crippen MR) is 133 cm³/mol. The van der Waals surface area contributed by atoms with Crippen molar-refractivity contribution in [3.8, 4) is 0 Å². The number of carboxylic acids is 2. The van der Waals surface area contributed by atoms with Crippen LogP contribution < -0.4 is 9.80 Å². The summed E-state index contributed by atoms with van der Waals surface area (Å²) in [6.45, 7) is 5.63. The van der Waals surface area contributed by atoms with E-state index in [9.17, 15) is 9.59 Å². The lowest BCUT2D eigenvalue weighted by molar-refractivity contribution is -0.139. The lowest BCUT2D eigenvalue weighted by atomic mass is 10.2. The molecule has 2 N–H and O–H groups in total. The van der Waals surface area contributed by atoms with Crippen molar-refractivity contribution in [3.63, 3.8) is 0 Å². The number of rotatable bonds is 4. The second-order valence-corrected chi connectivity index (χ2v) is 8.69. The summed E-state index contributed by atoms with van der Waals surface area (Å²) >= 11 is 9.17. The average molecular weight is 526 g/mol. The third-order valence-electron chi connectivity index (χ3n) is 5.37. The number of carboxylic acid groups (broad SMARTS) is 2. The number of hydrogen-bond donors (Lipinski definition) is 2. The predicted octanol–water partition coefficient (Wildman–Crippen LogP) is 5.92. The Balaban J connectivity index is 0.000000211. The molecule has 0 saturated carbocycles. The summed E-state index contributed by atoms with van der Waals surface area (Å²) in [4.78, 5) is 25.9. The Morgan fingerprint density at radius 2 is 1.38 bits per heavy atom. The van der Waals surface area contributed by atoms with Gasteiger partial charge in [-0.25, -0.2) is 9.59 Å². The molecule has 2 aliphatic heterocycles. The van der Waals surface area contributed by atoms with Crippen LogP contribution in [0.2, 0.25) is 5.02 Å². The monoisotopic (exact) mass is 524 g/mol. The van der Waals surface area contributed by atoms with E-state index < -0.39 is 11.9 Å². The maximum absolute atomic E-state index is 11.0. The second kappa shape index (κ2) is 12.7. The second-order valence-electron chi connectivity index (χ2n) is 7.34. The van der Waals surface area contributed by atoms with Gasteiger partial charge in [0.15, 0.2) is 0 Å². The summed E-state index contributed by atoms with van der Waals surface area (Å²) in [6.07, 6.45) is 3.34. The smallest absolute Gasteiger partial charge is 0.326 e. The third-order valence-corrected chi connectivity index (χ3v) is 6.12. The van der Waals surface area contributed by atoms with E-state index in [2.05, 4.69) is 15.9 Å². The molecule has 2 atom stereocenters. The number of nitrogens with zero attached hydrogens (tertiary/aromatic N) is 2. The summed E-state index contributed by atoms with van der Waals surface area (Å²) < 4.78 is 0.982. The molecular formula is C24H30BrClN2O4. The zero-order chi connectivity index (χ0) is 23.7. The highest BCUT2D eigenvalue weighted by Crippen LogP contribution is 2.28. The SMILES string of the molecule is CC.O=C(O)C1CCCN1c1ccc(Cl)cc1.O=C(O)C1CCCN1c1cccc(Br)c1. The van der Waals surface area contributed by atoms with Gasteiger partial charge in [-0.3, -0.25) is 0 Å². The molecular weight excluding hydrogens is 496 g/mol. The van der Waals surface area contributed by atoms with Crippen molar-refractivity contribution in [3.05, 3.63) is 58.0 Å². The Morgan fingerprint density at radius 3 is 1.84 bits per heavy atom. The first-order valence-corrected chi connectivity index (χ1v) is 12.0. The molecule has 0 aliphatic carbocycles. The fourth-order valence-electron chi connectivity index (χ4n) is 3.95. The summed E-state index contributed by atoms with van der Waals surface area (Å²) in [5.41, 5.74) is 1.92. The molecule has 4 rings (SSSR count). The van der Waals surface area contributed by atoms with Crippen molar-refractivity contribution < 1.29 is 19.8 Å². The molecule has 2 heterocycles. The fourth-order valence-corrected chi connectivity index (χ4v) is 4.47. The Labute approximate surface area is 202 Å². The van der Waals surface area contributed by atoms with Crippen molar-refractivity contribution in [2.24, 2.45) is 0 Å². The van der Waals surface area contributed by atoms with Gasteiger partial charge < -0.3 is 20.0 Å². The topological polar surface area (TPSA) is 81.1 Å². The standard InChI is InChI=1S/C11H12BrNO2.C11H12ClNO2.C2H6/c12-8-3-1-4-9(7-8)13-6-2-5-10(13)11(14)15;12-8-3-5-9(6-4-8)13-7-1-2-10(13)11(14)15;1-2/h1,3-4,7,10H,2,5-6H2,(H,14,15);3-6,10H,1-2,7H2,(H,14,15);1-2H3. The number of benzene rings is 2. The first-order valence-electron chi connectivity index (χ1n) is 10.9. The molecule has 0 amide bonds. The third kappa shape index (κ3) is 6.87. The largest absolute Gasteiger partial charge is 0.480 e. The van der Waals surface area contributed by atoms with Gasteiger partial charge in [-0.2, -0.15) is 0 Å². The van der Waals surface area contributed by atoms with Gasteiger partial charge in [-0.1, -0.05) is 47.4 Å². The molecule has 2 unspecified atom stereocenters. The van der Waals surface area contributed by atoms with Gasteiger partial charge in [-0.05, 0) is 68.1 Å². The van der Waals surface area contributed by atoms with Crippen molar-refractivity contribution in [2.75, 3.05) is 22.9 Å². The fraction of sp³-hybridized carbons (Fsp3) is 0.417. The average Bonchev–Trinajstić information content (AvgIpc) is 3.46. The summed E-state index contributed by atoms with van der Waals surface area (Å²) in [6, 6.07) is 14.3. The maximum atomic E-state index is 11.0. The van der Waals surface area contributed by atoms with Gasteiger partial charge in [0.1, 0.15) is 12.1 Å². The van der Waals surface area contributed by atoms with Crippen molar-refractivity contribution in [1.29, 1.82) is 0 Å². The van der Waals surface area contributed by atoms with Crippen LogP contribution in [0.5, 0.6) is 0 Å². The van der Waals surface area contributed by atoms with Gasteiger partial charge in [0.05, 0.1) is 0 Å². The van der Waals surface area contributed by atoms with E-state index in [1.54, 1.807) is 12.1 Å². The zero-order valence-corrected chi connectivity index (χ0v) is 20.7. The quantitative estimate of drug-likeness (QED) is 0.515. The van der Waals surface area contributed by atoms with E-state index in [1.807, 2.05) is 60.0 Å². The van der Waals surface area contributed by atoms with E-state index in [-0.39, 0.29) is 12.1 Å². The number of aliphatic carboxylic acids is 2. The number of hydrogen-bond acceptors (Lipinski definition) is 4. The Kier molecular flexibility index (Phi) is 10.3. The maximum Gasteiger partial charge on any atom is 0.326 e. The van der Waals surface area contributed by atoms with Crippen LogP contribution in [0.15, 0.2) is 53.0 Å². The Bertz CT molecular complexity index is 894. The molecule has 2 saturated heterocycles. The van der Waals surface area contributed by atoms with Crippen LogP contribution in [0.1, 0.15) is 39.5 Å². The molecule has 2 aromatic rings. The van der Waals surface area contributed by atoms with Crippen LogP contribution in [-0.4, -0.2) is 47.3 Å². The molecule has 0 spiro atoms. The molecule has 0 radical (unpaired) electrons. The molecule has 0 bridgehead atoms. The zero-order valence-electron chi connectivity index (χ0n) is 18.4. The highest BCUT2D eigenvalue weighted by atomic mass is 79.9. The first-order chi connectivity index (χ1) is 15.4. The summed E-state index contributed by atoms with van der Waals surface area (Å²) in [5.74, 6) is -1.48. The molecule has 2 aliphatic rings. The summed E-state index contributed by atoms with van der Waals surface area (Å²) in [5, 5.41) is 18.8. The van der Waals surface area contributed by atoms with E-state index in [4.69, 9.17) is 21.8 Å². The van der Waals surface area contributed by atoms with Crippen LogP contribution in [0, 0.1) is 0 Å². The van der Waals surface area contributed by atoms with Gasteiger partial charge in [0.25, 0.3) is 0 Å². The molecule has 2 aromatic carbocycles. The number of carbonyl (C=O) groups is 2. The van der Waals surface area contributed by atoms with Crippen molar-refractivity contribution in [1.82, 2.24) is 0 Å². The molecule has 2 fully saturated rings. The minimum absolute atomic E-state index is 0.362. The van der Waals surface area contributed by atoms with E-state index >= 15 is 0 Å². The minimum atomic E-state index is -0.748. The van der Waals surface area contributed by atoms with Gasteiger partial charge in [-0.15, -0.1) is 0 Å². The molecule has 8 heteroatoms. The molecule has 174 valence electrons. The normalized spacial score (nSPS) is 19.5. The van der Waals surface area contributed by atoms with Crippen LogP contribution >= 0.6 is 27.5 Å². The van der Waals surface area contributed by atoms with E-state index in [0.29, 0.717) is 5.02 Å². The summed E-state index contributed by atoms with van der Waals surface area (Å²) in [7, 11) is 0. The van der Waals surface area contributed by atoms with E-state index in [1.165, 1.54) is 0 Å². The van der Waals surface area contributed by atoms with E-state index in [0.717, 1.165) is 54.6 Å². The molecule has 32 heavy (non-hydrogen) atoms. The highest BCUT2D eigenvalue weighted by Gasteiger charge is 2.31. The van der Waals surface area contributed by atoms with Gasteiger partial charge in [0.2, 0.25) is 0 Å². The van der Waals surface area contributed by atoms with Crippen LogP contribution in [-0.2, 0) is 9.59 Å². The number of anilines is 2. The van der Waals surface area contributed by atoms with Crippen molar-refractivity contribution >= 4 is 50.8 Å². The Hall–Kier alpha value is -2.25. The highest BCUT2D eigenvalue weighted by molar-refractivity contribution is 9.10. The minimum Gasteiger partial charge on any atom is -0.480 e. The van der Waals surface area contributed by atoms with Gasteiger partial charge in [0, 0.05) is 34.0 Å². The van der Waals surface area contributed by atoms with Crippen LogP contribution in [0.25, 0.3) is 0 Å². The first kappa shape index (κ1) is 26.0. The molecule has 0 aromatic heterocycles. The van der Waals surface area contributed by atoms with Crippen LogP contribution in [0.3, 0.4) is 0 Å². The Morgan fingerprint density at radius 1 is 0.875 bits per heavy atom. The number of halogens is 2. The van der Waals surface area contributed by atoms with Crippen LogP contribution in [0.4, 0.5) is 11.4 Å².